The Bertz CT molecular complexity index is 725. The molecule has 1 aliphatic heterocycles. The van der Waals surface area contributed by atoms with E-state index in [0.717, 1.165) is 43.0 Å². The van der Waals surface area contributed by atoms with Crippen molar-refractivity contribution in [2.75, 3.05) is 32.8 Å². The normalized spacial score (nSPS) is 16.9. The van der Waals surface area contributed by atoms with Gasteiger partial charge in [0.15, 0.2) is 0 Å². The number of nitrogens with zero attached hydrogens (tertiary/aromatic N) is 2. The molecule has 5 heteroatoms. The molecule has 2 heterocycles. The molecule has 0 saturated carbocycles. The summed E-state index contributed by atoms with van der Waals surface area (Å²) in [5.41, 5.74) is 3.12. The van der Waals surface area contributed by atoms with Crippen molar-refractivity contribution in [1.29, 1.82) is 0 Å². The van der Waals surface area contributed by atoms with E-state index in [4.69, 9.17) is 4.74 Å². The van der Waals surface area contributed by atoms with Gasteiger partial charge in [-0.15, -0.1) is 0 Å². The lowest BCUT2D eigenvalue weighted by atomic mass is 10.1. The third-order valence-corrected chi connectivity index (χ3v) is 4.60. The lowest BCUT2D eigenvalue weighted by Crippen LogP contribution is -2.43. The van der Waals surface area contributed by atoms with Crippen molar-refractivity contribution in [3.63, 3.8) is 0 Å². The predicted octanol–water partition coefficient (Wildman–Crippen LogP) is 2.67. The van der Waals surface area contributed by atoms with E-state index in [1.165, 1.54) is 0 Å². The highest BCUT2D eigenvalue weighted by molar-refractivity contribution is 5.94. The Labute approximate surface area is 154 Å². The topological polar surface area (TPSA) is 54.5 Å². The SMILES string of the molecule is C/C(=C\C(=O)NCC(c1cccnc1)N1CCOCC1)c1ccccc1. The molecule has 1 atom stereocenters. The van der Waals surface area contributed by atoms with Gasteiger partial charge < -0.3 is 10.1 Å². The Morgan fingerprint density at radius 1 is 1.23 bits per heavy atom. The fourth-order valence-electron chi connectivity index (χ4n) is 3.15. The summed E-state index contributed by atoms with van der Waals surface area (Å²) in [6, 6.07) is 14.0. The van der Waals surface area contributed by atoms with Crippen LogP contribution in [0.4, 0.5) is 0 Å². The van der Waals surface area contributed by atoms with Crippen LogP contribution >= 0.6 is 0 Å². The fraction of sp³-hybridized carbons (Fsp3) is 0.333. The molecule has 26 heavy (non-hydrogen) atoms. The van der Waals surface area contributed by atoms with Gasteiger partial charge in [0.1, 0.15) is 0 Å². The first-order valence-corrected chi connectivity index (χ1v) is 8.97. The standard InChI is InChI=1S/C21H25N3O2/c1-17(18-6-3-2-4-7-18)14-21(25)23-16-20(19-8-5-9-22-15-19)24-10-12-26-13-11-24/h2-9,14-15,20H,10-13,16H2,1H3,(H,23,25)/b17-14+. The maximum Gasteiger partial charge on any atom is 0.244 e. The minimum Gasteiger partial charge on any atom is -0.379 e. The van der Waals surface area contributed by atoms with Crippen LogP contribution in [0.1, 0.15) is 24.1 Å². The van der Waals surface area contributed by atoms with Crippen molar-refractivity contribution in [2.24, 2.45) is 0 Å². The highest BCUT2D eigenvalue weighted by atomic mass is 16.5. The van der Waals surface area contributed by atoms with Crippen molar-refractivity contribution < 1.29 is 9.53 Å². The summed E-state index contributed by atoms with van der Waals surface area (Å²) in [5, 5.41) is 3.05. The minimum atomic E-state index is -0.0755. The second-order valence-corrected chi connectivity index (χ2v) is 6.39. The van der Waals surface area contributed by atoms with E-state index in [1.807, 2.05) is 49.5 Å². The highest BCUT2D eigenvalue weighted by Gasteiger charge is 2.23. The van der Waals surface area contributed by atoms with Gasteiger partial charge in [0.05, 0.1) is 19.3 Å². The van der Waals surface area contributed by atoms with E-state index >= 15 is 0 Å². The van der Waals surface area contributed by atoms with Gasteiger partial charge in [-0.25, -0.2) is 0 Å². The first-order valence-electron chi connectivity index (χ1n) is 8.97. The van der Waals surface area contributed by atoms with Crippen LogP contribution in [0.3, 0.4) is 0 Å². The molecule has 0 spiro atoms. The van der Waals surface area contributed by atoms with Crippen LogP contribution in [0, 0.1) is 0 Å². The molecule has 1 N–H and O–H groups in total. The molecule has 0 bridgehead atoms. The van der Waals surface area contributed by atoms with Crippen LogP contribution in [-0.2, 0) is 9.53 Å². The first kappa shape index (κ1) is 18.3. The third-order valence-electron chi connectivity index (χ3n) is 4.60. The van der Waals surface area contributed by atoms with Gasteiger partial charge in [-0.05, 0) is 29.7 Å². The Kier molecular flexibility index (Phi) is 6.52. The number of hydrogen-bond donors (Lipinski definition) is 1. The summed E-state index contributed by atoms with van der Waals surface area (Å²) in [7, 11) is 0. The monoisotopic (exact) mass is 351 g/mol. The Morgan fingerprint density at radius 3 is 2.69 bits per heavy atom. The smallest absolute Gasteiger partial charge is 0.244 e. The average Bonchev–Trinajstić information content (AvgIpc) is 2.70. The number of allylic oxidation sites excluding steroid dienone is 1. The van der Waals surface area contributed by atoms with E-state index in [2.05, 4.69) is 21.3 Å². The average molecular weight is 351 g/mol. The summed E-state index contributed by atoms with van der Waals surface area (Å²) < 4.78 is 5.46. The number of carbonyl (C=O) groups excluding carboxylic acids is 1. The minimum absolute atomic E-state index is 0.0755. The molecule has 1 saturated heterocycles. The number of benzene rings is 1. The maximum atomic E-state index is 12.4. The largest absolute Gasteiger partial charge is 0.379 e. The van der Waals surface area contributed by atoms with E-state index < -0.39 is 0 Å². The van der Waals surface area contributed by atoms with Crippen molar-refractivity contribution in [3.05, 3.63) is 72.1 Å². The second kappa shape index (κ2) is 9.27. The van der Waals surface area contributed by atoms with E-state index in [-0.39, 0.29) is 11.9 Å². The third kappa shape index (κ3) is 5.00. The molecule has 1 aromatic heterocycles. The van der Waals surface area contributed by atoms with Gasteiger partial charge in [0, 0.05) is 38.1 Å². The van der Waals surface area contributed by atoms with Crippen molar-refractivity contribution >= 4 is 11.5 Å². The lowest BCUT2D eigenvalue weighted by molar-refractivity contribution is -0.116. The number of morpholine rings is 1. The Morgan fingerprint density at radius 2 is 2.00 bits per heavy atom. The van der Waals surface area contributed by atoms with E-state index in [0.29, 0.717) is 6.54 Å². The molecule has 1 fully saturated rings. The van der Waals surface area contributed by atoms with Crippen LogP contribution < -0.4 is 5.32 Å². The van der Waals surface area contributed by atoms with Gasteiger partial charge in [0.25, 0.3) is 0 Å². The van der Waals surface area contributed by atoms with Gasteiger partial charge in [-0.3, -0.25) is 14.7 Å². The number of amides is 1. The first-order chi connectivity index (χ1) is 12.7. The van der Waals surface area contributed by atoms with Crippen LogP contribution in [0.5, 0.6) is 0 Å². The molecular weight excluding hydrogens is 326 g/mol. The number of rotatable bonds is 6. The van der Waals surface area contributed by atoms with Crippen molar-refractivity contribution in [2.45, 2.75) is 13.0 Å². The Hall–Kier alpha value is -2.50. The second-order valence-electron chi connectivity index (χ2n) is 6.39. The molecule has 1 aromatic carbocycles. The molecule has 136 valence electrons. The molecule has 2 aromatic rings. The van der Waals surface area contributed by atoms with Crippen LogP contribution in [0.25, 0.3) is 5.57 Å². The fourth-order valence-corrected chi connectivity index (χ4v) is 3.15. The zero-order chi connectivity index (χ0) is 18.2. The molecule has 1 aliphatic rings. The van der Waals surface area contributed by atoms with Crippen molar-refractivity contribution in [3.8, 4) is 0 Å². The predicted molar refractivity (Wildman–Crippen MR) is 102 cm³/mol. The number of hydrogen-bond acceptors (Lipinski definition) is 4. The zero-order valence-electron chi connectivity index (χ0n) is 15.1. The van der Waals surface area contributed by atoms with Crippen molar-refractivity contribution in [1.82, 2.24) is 15.2 Å². The van der Waals surface area contributed by atoms with Crippen LogP contribution in [0.2, 0.25) is 0 Å². The number of nitrogens with one attached hydrogen (secondary N) is 1. The maximum absolute atomic E-state index is 12.4. The molecule has 3 rings (SSSR count). The number of ether oxygens (including phenoxy) is 1. The van der Waals surface area contributed by atoms with Crippen LogP contribution in [-0.4, -0.2) is 48.6 Å². The van der Waals surface area contributed by atoms with Crippen LogP contribution in [0.15, 0.2) is 60.9 Å². The summed E-state index contributed by atoms with van der Waals surface area (Å²) in [4.78, 5) is 19.0. The molecule has 1 amide bonds. The van der Waals surface area contributed by atoms with Gasteiger partial charge in [-0.1, -0.05) is 36.4 Å². The summed E-state index contributed by atoms with van der Waals surface area (Å²) >= 11 is 0. The Balaban J connectivity index is 1.66. The quantitative estimate of drug-likeness (QED) is 0.813. The molecule has 5 nitrogen and oxygen atoms in total. The molecule has 0 radical (unpaired) electrons. The number of aromatic nitrogens is 1. The zero-order valence-corrected chi connectivity index (χ0v) is 15.1. The highest BCUT2D eigenvalue weighted by Crippen LogP contribution is 2.20. The summed E-state index contributed by atoms with van der Waals surface area (Å²) in [6.45, 7) is 5.65. The van der Waals surface area contributed by atoms with E-state index in [1.54, 1.807) is 12.3 Å². The summed E-state index contributed by atoms with van der Waals surface area (Å²) in [6.07, 6.45) is 5.30. The lowest BCUT2D eigenvalue weighted by Gasteiger charge is -2.34. The number of pyridine rings is 1. The van der Waals surface area contributed by atoms with Gasteiger partial charge in [-0.2, -0.15) is 0 Å². The van der Waals surface area contributed by atoms with Gasteiger partial charge >= 0.3 is 0 Å². The molecule has 0 aliphatic carbocycles. The van der Waals surface area contributed by atoms with E-state index in [9.17, 15) is 4.79 Å². The van der Waals surface area contributed by atoms with Gasteiger partial charge in [0.2, 0.25) is 5.91 Å². The number of carbonyl (C=O) groups is 1. The molecular formula is C21H25N3O2. The molecule has 1 unspecified atom stereocenters. The summed E-state index contributed by atoms with van der Waals surface area (Å²) in [5.74, 6) is -0.0755.